The first-order valence-electron chi connectivity index (χ1n) is 17.6. The zero-order valence-electron chi connectivity index (χ0n) is 30.5. The van der Waals surface area contributed by atoms with E-state index in [0.29, 0.717) is 5.92 Å². The van der Waals surface area contributed by atoms with Gasteiger partial charge in [0.1, 0.15) is 5.58 Å². The minimum Gasteiger partial charge on any atom is 0 e. The number of furan rings is 1. The van der Waals surface area contributed by atoms with Gasteiger partial charge in [0.25, 0.3) is 0 Å². The first kappa shape index (κ1) is 37.2. The van der Waals surface area contributed by atoms with Gasteiger partial charge in [0.05, 0.1) is 5.58 Å². The fraction of sp³-hybridized carbons (Fsp3) is 0.149. The van der Waals surface area contributed by atoms with Gasteiger partial charge in [0, 0.05) is 31.7 Å². The summed E-state index contributed by atoms with van der Waals surface area (Å²) >= 11 is -1.73. The molecule has 0 aliphatic rings. The van der Waals surface area contributed by atoms with Gasteiger partial charge in [0.15, 0.2) is 0 Å². The summed E-state index contributed by atoms with van der Waals surface area (Å²) in [7, 11) is 0. The minimum absolute atomic E-state index is 0. The molecule has 0 spiro atoms. The molecular formula is C47H42GeIrN2O-2. The van der Waals surface area contributed by atoms with E-state index in [9.17, 15) is 0 Å². The number of pyridine rings is 2. The molecule has 5 aromatic carbocycles. The number of rotatable bonds is 6. The number of nitrogens with zero attached hydrogens (tertiary/aromatic N) is 2. The predicted molar refractivity (Wildman–Crippen MR) is 217 cm³/mol. The van der Waals surface area contributed by atoms with E-state index in [4.69, 9.17) is 4.42 Å². The number of aryl methyl sites for hydroxylation is 1. The van der Waals surface area contributed by atoms with Crippen molar-refractivity contribution in [2.75, 3.05) is 0 Å². The molecule has 0 saturated carbocycles. The van der Waals surface area contributed by atoms with Gasteiger partial charge in [-0.15, -0.1) is 18.2 Å². The van der Waals surface area contributed by atoms with E-state index in [1.807, 2.05) is 30.6 Å². The predicted octanol–water partition coefficient (Wildman–Crippen LogP) is 12.3. The molecule has 0 bridgehead atoms. The maximum absolute atomic E-state index is 6.44. The van der Waals surface area contributed by atoms with E-state index in [0.717, 1.165) is 50.0 Å². The summed E-state index contributed by atoms with van der Waals surface area (Å²) in [4.78, 5) is 9.20. The molecule has 3 heterocycles. The molecule has 0 fully saturated rings. The van der Waals surface area contributed by atoms with Crippen LogP contribution in [0.2, 0.25) is 17.3 Å². The molecule has 261 valence electrons. The van der Waals surface area contributed by atoms with Crippen LogP contribution in [-0.2, 0) is 20.1 Å². The van der Waals surface area contributed by atoms with Crippen molar-refractivity contribution in [2.45, 2.75) is 44.0 Å². The van der Waals surface area contributed by atoms with Crippen molar-refractivity contribution >= 4 is 39.6 Å². The van der Waals surface area contributed by atoms with E-state index in [1.54, 1.807) is 0 Å². The normalized spacial score (nSPS) is 11.3. The molecule has 0 N–H and O–H groups in total. The molecule has 8 rings (SSSR count). The van der Waals surface area contributed by atoms with Crippen molar-refractivity contribution in [2.24, 2.45) is 0 Å². The van der Waals surface area contributed by atoms with Gasteiger partial charge >= 0.3 is 106 Å². The molecule has 0 unspecified atom stereocenters. The zero-order valence-corrected chi connectivity index (χ0v) is 35.0. The molecule has 0 aliphatic carbocycles. The van der Waals surface area contributed by atoms with Crippen LogP contribution in [0.3, 0.4) is 0 Å². The topological polar surface area (TPSA) is 38.9 Å². The maximum Gasteiger partial charge on any atom is 0 e. The van der Waals surface area contributed by atoms with Crippen molar-refractivity contribution in [1.82, 2.24) is 9.97 Å². The van der Waals surface area contributed by atoms with Crippen molar-refractivity contribution < 1.29 is 24.5 Å². The summed E-state index contributed by atoms with van der Waals surface area (Å²) in [6.07, 6.45) is 3.92. The Morgan fingerprint density at radius 3 is 2.08 bits per heavy atom. The van der Waals surface area contributed by atoms with Gasteiger partial charge < -0.3 is 9.40 Å². The van der Waals surface area contributed by atoms with Crippen molar-refractivity contribution in [3.63, 3.8) is 0 Å². The van der Waals surface area contributed by atoms with Crippen LogP contribution < -0.4 is 4.40 Å². The largest absolute Gasteiger partial charge is 0 e. The van der Waals surface area contributed by atoms with Crippen molar-refractivity contribution in [3.05, 3.63) is 163 Å². The molecule has 52 heavy (non-hydrogen) atoms. The third-order valence-corrected chi connectivity index (χ3v) is 13.6. The van der Waals surface area contributed by atoms with Gasteiger partial charge in [-0.25, -0.2) is 0 Å². The quantitative estimate of drug-likeness (QED) is 0.123. The summed E-state index contributed by atoms with van der Waals surface area (Å²) in [5.41, 5.74) is 12.8. The summed E-state index contributed by atoms with van der Waals surface area (Å²) in [6, 6.07) is 51.0. The van der Waals surface area contributed by atoms with Crippen molar-refractivity contribution in [1.29, 1.82) is 0 Å². The SMILES string of the molecule is CC(C)c1ccnc(-c2[c-]ccc3c2oc2cc(-c4cccc(-c5ccccc5)c4)ccc23)c1.Cc1cc[c-]c(-c2cc[c]([Ge]([CH3])([CH3])[CH3])cn2)c1.[Ir]. The third-order valence-electron chi connectivity index (χ3n) is 9.31. The second kappa shape index (κ2) is 16.0. The van der Waals surface area contributed by atoms with E-state index in [-0.39, 0.29) is 20.1 Å². The van der Waals surface area contributed by atoms with Gasteiger partial charge in [-0.1, -0.05) is 97.1 Å². The van der Waals surface area contributed by atoms with Crippen LogP contribution in [0, 0.1) is 19.1 Å². The summed E-state index contributed by atoms with van der Waals surface area (Å²) < 4.78 is 7.89. The fourth-order valence-corrected chi connectivity index (χ4v) is 8.46. The Balaban J connectivity index is 0.000000218. The second-order valence-corrected chi connectivity index (χ2v) is 25.1. The van der Waals surface area contributed by atoms with Crippen LogP contribution in [0.25, 0.3) is 66.7 Å². The number of fused-ring (bicyclic) bond motifs is 3. The third kappa shape index (κ3) is 8.21. The Hall–Kier alpha value is -4.61. The molecule has 3 aromatic heterocycles. The maximum atomic E-state index is 6.44. The van der Waals surface area contributed by atoms with Crippen LogP contribution in [-0.4, -0.2) is 23.2 Å². The minimum atomic E-state index is -1.73. The summed E-state index contributed by atoms with van der Waals surface area (Å²) in [5.74, 6) is 7.59. The van der Waals surface area contributed by atoms with E-state index < -0.39 is 13.3 Å². The Labute approximate surface area is 323 Å². The molecular weight excluding hydrogens is 873 g/mol. The van der Waals surface area contributed by atoms with Crippen LogP contribution in [0.1, 0.15) is 30.9 Å². The van der Waals surface area contributed by atoms with Crippen LogP contribution in [0.15, 0.2) is 144 Å². The smallest absolute Gasteiger partial charge is 0 e. The zero-order chi connectivity index (χ0) is 35.5. The van der Waals surface area contributed by atoms with Crippen LogP contribution >= 0.6 is 0 Å². The van der Waals surface area contributed by atoms with Crippen LogP contribution in [0.4, 0.5) is 0 Å². The molecule has 1 radical (unpaired) electrons. The number of benzene rings is 5. The van der Waals surface area contributed by atoms with E-state index >= 15 is 0 Å². The number of hydrogen-bond acceptors (Lipinski definition) is 3. The monoisotopic (exact) mass is 917 g/mol. The first-order valence-corrected chi connectivity index (χ1v) is 24.9. The van der Waals surface area contributed by atoms with E-state index in [2.05, 4.69) is 169 Å². The molecule has 0 aliphatic heterocycles. The average Bonchev–Trinajstić information content (AvgIpc) is 3.53. The Bertz CT molecular complexity index is 2440. The molecule has 8 aromatic rings. The average molecular weight is 916 g/mol. The van der Waals surface area contributed by atoms with Gasteiger partial charge in [-0.2, -0.15) is 0 Å². The second-order valence-electron chi connectivity index (χ2n) is 14.4. The molecule has 5 heteroatoms. The standard InChI is InChI=1S/C32H24NO.C15H18GeN.Ir/c1-21(2)23-16-17-33-30(19-23)29-13-7-12-28-27-15-14-26(20-31(27)34-32(28)29)25-11-6-10-24(18-25)22-8-4-3-5-9-22;1-12-6-5-7-13(10-12)15-9-8-14(11-17-15)16(2,3)4;/h3-12,14-21H,1-2H3;5-6,8-11H,1-4H3;/q2*-1;. The van der Waals surface area contributed by atoms with Crippen molar-refractivity contribution in [3.8, 4) is 44.8 Å². The number of aromatic nitrogens is 2. The Morgan fingerprint density at radius 2 is 1.37 bits per heavy atom. The molecule has 0 amide bonds. The Morgan fingerprint density at radius 1 is 0.635 bits per heavy atom. The van der Waals surface area contributed by atoms with E-state index in [1.165, 1.54) is 32.2 Å². The van der Waals surface area contributed by atoms with Crippen LogP contribution in [0.5, 0.6) is 0 Å². The molecule has 0 atom stereocenters. The number of hydrogen-bond donors (Lipinski definition) is 0. The fourth-order valence-electron chi connectivity index (χ4n) is 6.29. The summed E-state index contributed by atoms with van der Waals surface area (Å²) in [5, 5.41) is 2.19. The molecule has 0 saturated heterocycles. The van der Waals surface area contributed by atoms with Gasteiger partial charge in [-0.3, -0.25) is 0 Å². The van der Waals surface area contributed by atoms with Gasteiger partial charge in [-0.05, 0) is 52.1 Å². The van der Waals surface area contributed by atoms with Gasteiger partial charge in [0.2, 0.25) is 0 Å². The first-order chi connectivity index (χ1) is 24.6. The Kier molecular flexibility index (Phi) is 11.4. The molecule has 3 nitrogen and oxygen atoms in total. The summed E-state index contributed by atoms with van der Waals surface area (Å²) in [6.45, 7) is 6.48.